The molecular weight excluding hydrogens is 384 g/mol. The van der Waals surface area contributed by atoms with Crippen molar-refractivity contribution in [1.29, 1.82) is 0 Å². The minimum atomic E-state index is -0.0681. The van der Waals surface area contributed by atoms with Gasteiger partial charge in [-0.2, -0.15) is 10.2 Å². The smallest absolute Gasteiger partial charge is 0.245 e. The standard InChI is InChI=1S/C21H24N6O3/c1-3-20(28)25(2)16-8-17(9-16)30-21-19-4-6-22-27(19)12-18(24-21)14-10-23-26(11-14)15-5-7-29-13-15/h3-4,6,10-12,15-17H,1,5,7-9,13H2,2H3/t15-,16?,17?/m0/s1. The van der Waals surface area contributed by atoms with Crippen LogP contribution in [-0.2, 0) is 9.53 Å². The molecule has 1 saturated heterocycles. The average molecular weight is 408 g/mol. The molecule has 1 amide bonds. The number of amides is 1. The Morgan fingerprint density at radius 3 is 3.00 bits per heavy atom. The molecule has 0 unspecified atom stereocenters. The third-order valence-corrected chi connectivity index (χ3v) is 5.95. The number of likely N-dealkylation sites (N-methyl/N-ethyl adjacent to an activating group) is 1. The van der Waals surface area contributed by atoms with Crippen LogP contribution in [0.5, 0.6) is 5.88 Å². The minimum absolute atomic E-state index is 0.00914. The van der Waals surface area contributed by atoms with E-state index >= 15 is 0 Å². The molecule has 2 fully saturated rings. The SMILES string of the molecule is C=CC(=O)N(C)C1CC(Oc2nc(-c3cnn([C@H]4CCOC4)c3)cn3nccc23)C1. The largest absolute Gasteiger partial charge is 0.473 e. The van der Waals surface area contributed by atoms with Crippen LogP contribution in [0.3, 0.4) is 0 Å². The molecule has 1 saturated carbocycles. The van der Waals surface area contributed by atoms with Gasteiger partial charge in [0.25, 0.3) is 0 Å². The van der Waals surface area contributed by atoms with Crippen molar-refractivity contribution in [3.63, 3.8) is 0 Å². The summed E-state index contributed by atoms with van der Waals surface area (Å²) >= 11 is 0. The molecule has 2 aliphatic rings. The lowest BCUT2D eigenvalue weighted by Crippen LogP contribution is -2.49. The van der Waals surface area contributed by atoms with E-state index < -0.39 is 0 Å². The van der Waals surface area contributed by atoms with Crippen molar-refractivity contribution in [1.82, 2.24) is 29.3 Å². The summed E-state index contributed by atoms with van der Waals surface area (Å²) in [5, 5.41) is 8.86. The summed E-state index contributed by atoms with van der Waals surface area (Å²) in [4.78, 5) is 18.3. The lowest BCUT2D eigenvalue weighted by atomic mass is 9.88. The minimum Gasteiger partial charge on any atom is -0.473 e. The van der Waals surface area contributed by atoms with E-state index in [1.807, 2.05) is 29.3 Å². The maximum atomic E-state index is 11.8. The first-order valence-electron chi connectivity index (χ1n) is 10.1. The number of nitrogens with zero attached hydrogens (tertiary/aromatic N) is 6. The van der Waals surface area contributed by atoms with Crippen LogP contribution < -0.4 is 4.74 Å². The Hall–Kier alpha value is -3.20. The Kier molecular flexibility index (Phi) is 4.74. The molecule has 1 atom stereocenters. The first kappa shape index (κ1) is 18.8. The molecule has 0 N–H and O–H groups in total. The van der Waals surface area contributed by atoms with Gasteiger partial charge in [0.1, 0.15) is 11.6 Å². The molecule has 3 aromatic heterocycles. The van der Waals surface area contributed by atoms with E-state index in [4.69, 9.17) is 14.5 Å². The number of aromatic nitrogens is 5. The summed E-state index contributed by atoms with van der Waals surface area (Å²) in [5.41, 5.74) is 2.47. The monoisotopic (exact) mass is 408 g/mol. The highest BCUT2D eigenvalue weighted by molar-refractivity contribution is 5.87. The lowest BCUT2D eigenvalue weighted by Gasteiger charge is -2.40. The van der Waals surface area contributed by atoms with Gasteiger partial charge in [0.2, 0.25) is 11.8 Å². The third-order valence-electron chi connectivity index (χ3n) is 5.95. The Bertz CT molecular complexity index is 1080. The van der Waals surface area contributed by atoms with Crippen molar-refractivity contribution in [3.05, 3.63) is 43.5 Å². The summed E-state index contributed by atoms with van der Waals surface area (Å²) in [6.07, 6.45) is 11.3. The van der Waals surface area contributed by atoms with Crippen molar-refractivity contribution in [2.75, 3.05) is 20.3 Å². The molecule has 0 aromatic carbocycles. The van der Waals surface area contributed by atoms with E-state index in [1.54, 1.807) is 22.7 Å². The fourth-order valence-electron chi connectivity index (χ4n) is 3.96. The van der Waals surface area contributed by atoms with Crippen LogP contribution in [-0.4, -0.2) is 67.6 Å². The summed E-state index contributed by atoms with van der Waals surface area (Å²) < 4.78 is 15.4. The van der Waals surface area contributed by atoms with E-state index in [9.17, 15) is 4.79 Å². The zero-order valence-electron chi connectivity index (χ0n) is 16.8. The van der Waals surface area contributed by atoms with Crippen LogP contribution in [0.25, 0.3) is 16.8 Å². The number of rotatable bonds is 6. The highest BCUT2D eigenvalue weighted by Crippen LogP contribution is 2.32. The van der Waals surface area contributed by atoms with Crippen LogP contribution in [0.2, 0.25) is 0 Å². The second kappa shape index (κ2) is 7.56. The van der Waals surface area contributed by atoms with Crippen molar-refractivity contribution in [2.24, 2.45) is 0 Å². The molecule has 30 heavy (non-hydrogen) atoms. The average Bonchev–Trinajstić information content (AvgIpc) is 3.48. The zero-order chi connectivity index (χ0) is 20.7. The van der Waals surface area contributed by atoms with Gasteiger partial charge in [0.05, 0.1) is 36.9 Å². The van der Waals surface area contributed by atoms with Crippen LogP contribution >= 0.6 is 0 Å². The van der Waals surface area contributed by atoms with Gasteiger partial charge < -0.3 is 14.4 Å². The summed E-state index contributed by atoms with van der Waals surface area (Å²) in [6, 6.07) is 2.32. The van der Waals surface area contributed by atoms with Gasteiger partial charge in [-0.3, -0.25) is 9.48 Å². The highest BCUT2D eigenvalue weighted by Gasteiger charge is 2.36. The number of carbonyl (C=O) groups is 1. The third kappa shape index (κ3) is 3.35. The first-order valence-corrected chi connectivity index (χ1v) is 10.1. The molecule has 9 heteroatoms. The maximum absolute atomic E-state index is 11.8. The topological polar surface area (TPSA) is 86.8 Å². The molecule has 3 aromatic rings. The van der Waals surface area contributed by atoms with Crippen molar-refractivity contribution < 1.29 is 14.3 Å². The Morgan fingerprint density at radius 2 is 2.23 bits per heavy atom. The van der Waals surface area contributed by atoms with Gasteiger partial charge in [0.15, 0.2) is 0 Å². The Morgan fingerprint density at radius 1 is 1.37 bits per heavy atom. The molecule has 0 spiro atoms. The van der Waals surface area contributed by atoms with Gasteiger partial charge in [0, 0.05) is 44.3 Å². The predicted octanol–water partition coefficient (Wildman–Crippen LogP) is 2.11. The molecule has 1 aliphatic carbocycles. The van der Waals surface area contributed by atoms with Gasteiger partial charge in [-0.15, -0.1) is 0 Å². The van der Waals surface area contributed by atoms with Gasteiger partial charge in [-0.1, -0.05) is 6.58 Å². The zero-order valence-corrected chi connectivity index (χ0v) is 16.8. The highest BCUT2D eigenvalue weighted by atomic mass is 16.5. The van der Waals surface area contributed by atoms with E-state index in [0.717, 1.165) is 42.6 Å². The fraction of sp³-hybridized carbons (Fsp3) is 0.429. The van der Waals surface area contributed by atoms with Gasteiger partial charge in [-0.25, -0.2) is 9.50 Å². The van der Waals surface area contributed by atoms with Gasteiger partial charge in [-0.05, 0) is 18.6 Å². The second-order valence-corrected chi connectivity index (χ2v) is 7.84. The van der Waals surface area contributed by atoms with Crippen molar-refractivity contribution in [3.8, 4) is 17.1 Å². The van der Waals surface area contributed by atoms with Gasteiger partial charge >= 0.3 is 0 Å². The Balaban J connectivity index is 1.35. The quantitative estimate of drug-likeness (QED) is 0.581. The van der Waals surface area contributed by atoms with E-state index in [0.29, 0.717) is 12.5 Å². The number of carbonyl (C=O) groups excluding carboxylic acids is 1. The normalized spacial score (nSPS) is 23.3. The maximum Gasteiger partial charge on any atom is 0.245 e. The Labute approximate surface area is 173 Å². The molecular formula is C21H24N6O3. The summed E-state index contributed by atoms with van der Waals surface area (Å²) in [6.45, 7) is 5.00. The number of ether oxygens (including phenoxy) is 2. The van der Waals surface area contributed by atoms with Crippen LogP contribution in [0.15, 0.2) is 43.5 Å². The lowest BCUT2D eigenvalue weighted by molar-refractivity contribution is -0.130. The number of hydrogen-bond donors (Lipinski definition) is 0. The molecule has 0 radical (unpaired) electrons. The molecule has 0 bridgehead atoms. The second-order valence-electron chi connectivity index (χ2n) is 7.84. The van der Waals surface area contributed by atoms with E-state index in [2.05, 4.69) is 16.8 Å². The molecule has 5 rings (SSSR count). The number of hydrogen-bond acceptors (Lipinski definition) is 6. The van der Waals surface area contributed by atoms with Crippen LogP contribution in [0, 0.1) is 0 Å². The molecule has 4 heterocycles. The fourth-order valence-corrected chi connectivity index (χ4v) is 3.96. The van der Waals surface area contributed by atoms with Crippen LogP contribution in [0.1, 0.15) is 25.3 Å². The van der Waals surface area contributed by atoms with Crippen molar-refractivity contribution in [2.45, 2.75) is 37.5 Å². The first-order chi connectivity index (χ1) is 14.6. The van der Waals surface area contributed by atoms with Crippen LogP contribution in [0.4, 0.5) is 0 Å². The summed E-state index contributed by atoms with van der Waals surface area (Å²) in [5.74, 6) is 0.476. The summed E-state index contributed by atoms with van der Waals surface area (Å²) in [7, 11) is 1.80. The molecule has 156 valence electrons. The van der Waals surface area contributed by atoms with Crippen molar-refractivity contribution >= 4 is 11.4 Å². The predicted molar refractivity (Wildman–Crippen MR) is 109 cm³/mol. The van der Waals surface area contributed by atoms with E-state index in [1.165, 1.54) is 6.08 Å². The van der Waals surface area contributed by atoms with E-state index in [-0.39, 0.29) is 24.1 Å². The molecule has 9 nitrogen and oxygen atoms in total. The molecule has 1 aliphatic heterocycles. The number of fused-ring (bicyclic) bond motifs is 1.